The molecule has 21 heavy (non-hydrogen) atoms. The normalized spacial score (nSPS) is 33.9. The van der Waals surface area contributed by atoms with Crippen molar-refractivity contribution in [2.45, 2.75) is 64.8 Å². The monoisotopic (exact) mass is 298 g/mol. The minimum absolute atomic E-state index is 0.00387. The molecule has 0 radical (unpaired) electrons. The average Bonchev–Trinajstić information content (AvgIpc) is 2.93. The summed E-state index contributed by atoms with van der Waals surface area (Å²) in [6, 6.07) is 0. The highest BCUT2D eigenvalue weighted by Gasteiger charge is 2.36. The zero-order chi connectivity index (χ0) is 15.5. The zero-order valence-corrected chi connectivity index (χ0v) is 13.6. The number of carbonyl (C=O) groups is 1. The Labute approximate surface area is 127 Å². The van der Waals surface area contributed by atoms with Gasteiger partial charge in [-0.25, -0.2) is 0 Å². The Hall–Kier alpha value is -0.650. The Bertz CT molecular complexity index is 354. The van der Waals surface area contributed by atoms with Crippen LogP contribution in [0.2, 0.25) is 0 Å². The minimum Gasteiger partial charge on any atom is -0.377 e. The molecular weight excluding hydrogens is 268 g/mol. The molecule has 2 aliphatic heterocycles. The topological polar surface area (TPSA) is 73.6 Å². The number of nitrogens with two attached hydrogens (primary N) is 1. The van der Waals surface area contributed by atoms with E-state index in [4.69, 9.17) is 15.2 Å². The summed E-state index contributed by atoms with van der Waals surface area (Å²) in [5.41, 5.74) is 5.68. The largest absolute Gasteiger partial charge is 0.377 e. The van der Waals surface area contributed by atoms with E-state index in [9.17, 15) is 4.79 Å². The van der Waals surface area contributed by atoms with Crippen LogP contribution in [0.4, 0.5) is 0 Å². The van der Waals surface area contributed by atoms with Crippen molar-refractivity contribution in [2.24, 2.45) is 17.1 Å². The van der Waals surface area contributed by atoms with E-state index in [1.165, 1.54) is 0 Å². The first kappa shape index (κ1) is 16.7. The highest BCUT2D eigenvalue weighted by Crippen LogP contribution is 2.33. The summed E-state index contributed by atoms with van der Waals surface area (Å²) < 4.78 is 11.6. The molecule has 0 aromatic heterocycles. The quantitative estimate of drug-likeness (QED) is 0.824. The van der Waals surface area contributed by atoms with Crippen LogP contribution in [-0.2, 0) is 14.3 Å². The van der Waals surface area contributed by atoms with Crippen molar-refractivity contribution in [3.63, 3.8) is 0 Å². The van der Waals surface area contributed by atoms with Crippen molar-refractivity contribution in [3.8, 4) is 0 Å². The second-order valence-electron chi connectivity index (χ2n) is 7.36. The van der Waals surface area contributed by atoms with E-state index in [0.717, 1.165) is 32.3 Å². The summed E-state index contributed by atoms with van der Waals surface area (Å²) in [6.45, 7) is 8.59. The first-order valence-electron chi connectivity index (χ1n) is 8.16. The van der Waals surface area contributed by atoms with E-state index in [0.29, 0.717) is 19.0 Å². The van der Waals surface area contributed by atoms with Crippen LogP contribution in [0.15, 0.2) is 0 Å². The lowest BCUT2D eigenvalue weighted by molar-refractivity contribution is -0.133. The third-order valence-electron chi connectivity index (χ3n) is 4.50. The highest BCUT2D eigenvalue weighted by molar-refractivity contribution is 5.81. The Morgan fingerprint density at radius 1 is 1.29 bits per heavy atom. The van der Waals surface area contributed by atoms with E-state index in [-0.39, 0.29) is 29.6 Å². The van der Waals surface area contributed by atoms with E-state index in [1.54, 1.807) is 0 Å². The first-order valence-corrected chi connectivity index (χ1v) is 8.16. The molecule has 4 atom stereocenters. The lowest BCUT2D eigenvalue weighted by Gasteiger charge is -2.40. The average molecular weight is 298 g/mol. The van der Waals surface area contributed by atoms with Crippen LogP contribution in [0.1, 0.15) is 46.5 Å². The van der Waals surface area contributed by atoms with Crippen LogP contribution in [0.25, 0.3) is 0 Å². The van der Waals surface area contributed by atoms with Gasteiger partial charge in [-0.15, -0.1) is 0 Å². The third-order valence-corrected chi connectivity index (χ3v) is 4.50. The number of amides is 1. The third kappa shape index (κ3) is 4.41. The maximum absolute atomic E-state index is 12.2. The molecular formula is C16H30N2O3. The van der Waals surface area contributed by atoms with Gasteiger partial charge in [-0.2, -0.15) is 0 Å². The predicted octanol–water partition coefficient (Wildman–Crippen LogP) is 1.45. The molecule has 2 aliphatic rings. The van der Waals surface area contributed by atoms with Gasteiger partial charge in [0.05, 0.1) is 12.2 Å². The molecule has 5 heteroatoms. The fraction of sp³-hybridized carbons (Fsp3) is 0.938. The van der Waals surface area contributed by atoms with Crippen molar-refractivity contribution in [1.29, 1.82) is 0 Å². The summed E-state index contributed by atoms with van der Waals surface area (Å²) >= 11 is 0. The van der Waals surface area contributed by atoms with Crippen molar-refractivity contribution in [3.05, 3.63) is 0 Å². The molecule has 3 N–H and O–H groups in total. The number of rotatable bonds is 4. The molecule has 0 aromatic rings. The Morgan fingerprint density at radius 2 is 2.05 bits per heavy atom. The van der Waals surface area contributed by atoms with Crippen molar-refractivity contribution in [2.75, 3.05) is 19.7 Å². The smallest absolute Gasteiger partial charge is 0.249 e. The van der Waals surface area contributed by atoms with Crippen molar-refractivity contribution in [1.82, 2.24) is 5.32 Å². The fourth-order valence-corrected chi connectivity index (χ4v) is 3.43. The molecule has 2 saturated heterocycles. The van der Waals surface area contributed by atoms with Gasteiger partial charge in [0.15, 0.2) is 0 Å². The molecule has 0 bridgehead atoms. The van der Waals surface area contributed by atoms with Crippen molar-refractivity contribution >= 4 is 5.91 Å². The molecule has 2 rings (SSSR count). The van der Waals surface area contributed by atoms with Crippen LogP contribution in [0.3, 0.4) is 0 Å². The van der Waals surface area contributed by atoms with Crippen molar-refractivity contribution < 1.29 is 14.3 Å². The molecule has 2 unspecified atom stereocenters. The van der Waals surface area contributed by atoms with E-state index < -0.39 is 0 Å². The molecule has 122 valence electrons. The highest BCUT2D eigenvalue weighted by atomic mass is 16.5. The van der Waals surface area contributed by atoms with E-state index in [2.05, 4.69) is 26.1 Å². The molecule has 2 fully saturated rings. The van der Waals surface area contributed by atoms with Gasteiger partial charge >= 0.3 is 0 Å². The van der Waals surface area contributed by atoms with Gasteiger partial charge in [-0.1, -0.05) is 20.8 Å². The Morgan fingerprint density at radius 3 is 2.67 bits per heavy atom. The summed E-state index contributed by atoms with van der Waals surface area (Å²) in [4.78, 5) is 12.2. The van der Waals surface area contributed by atoms with Gasteiger partial charge in [0, 0.05) is 25.6 Å². The second-order valence-corrected chi connectivity index (χ2v) is 7.36. The lowest BCUT2D eigenvalue weighted by Crippen LogP contribution is -2.46. The fourth-order valence-electron chi connectivity index (χ4n) is 3.43. The predicted molar refractivity (Wildman–Crippen MR) is 81.9 cm³/mol. The Kier molecular flexibility index (Phi) is 5.63. The molecule has 0 aliphatic carbocycles. The molecule has 5 nitrogen and oxygen atoms in total. The SMILES string of the molecule is CC(C)(C)C1OCCCC1CNC(=O)[C@@H]1CC[C@H](CN)O1. The maximum atomic E-state index is 12.2. The zero-order valence-electron chi connectivity index (χ0n) is 13.6. The minimum atomic E-state index is -0.323. The molecule has 0 aromatic carbocycles. The van der Waals surface area contributed by atoms with Crippen LogP contribution in [-0.4, -0.2) is 43.9 Å². The summed E-state index contributed by atoms with van der Waals surface area (Å²) in [5, 5.41) is 3.06. The van der Waals surface area contributed by atoms with Gasteiger partial charge in [-0.3, -0.25) is 4.79 Å². The standard InChI is InChI=1S/C16H30N2O3/c1-16(2,3)14-11(5-4-8-20-14)10-18-15(19)13-7-6-12(9-17)21-13/h11-14H,4-10,17H2,1-3H3,(H,18,19)/t11?,12-,13+,14?/m1/s1. The molecule has 1 amide bonds. The van der Waals surface area contributed by atoms with Gasteiger partial charge in [0.25, 0.3) is 0 Å². The number of hydrogen-bond donors (Lipinski definition) is 2. The Balaban J connectivity index is 1.82. The van der Waals surface area contributed by atoms with Crippen LogP contribution < -0.4 is 11.1 Å². The van der Waals surface area contributed by atoms with Gasteiger partial charge in [-0.05, 0) is 31.1 Å². The number of carbonyl (C=O) groups excluding carboxylic acids is 1. The van der Waals surface area contributed by atoms with Gasteiger partial charge < -0.3 is 20.5 Å². The first-order chi connectivity index (χ1) is 9.91. The van der Waals surface area contributed by atoms with Crippen LogP contribution >= 0.6 is 0 Å². The van der Waals surface area contributed by atoms with E-state index >= 15 is 0 Å². The number of nitrogens with one attached hydrogen (secondary N) is 1. The van der Waals surface area contributed by atoms with E-state index in [1.807, 2.05) is 0 Å². The summed E-state index contributed by atoms with van der Waals surface area (Å²) in [5.74, 6) is 0.388. The van der Waals surface area contributed by atoms with Gasteiger partial charge in [0.1, 0.15) is 6.10 Å². The summed E-state index contributed by atoms with van der Waals surface area (Å²) in [7, 11) is 0. The van der Waals surface area contributed by atoms with Gasteiger partial charge in [0.2, 0.25) is 5.91 Å². The molecule has 0 spiro atoms. The maximum Gasteiger partial charge on any atom is 0.249 e. The second kappa shape index (κ2) is 7.07. The number of hydrogen-bond acceptors (Lipinski definition) is 4. The van der Waals surface area contributed by atoms with Crippen LogP contribution in [0.5, 0.6) is 0 Å². The number of ether oxygens (including phenoxy) is 2. The summed E-state index contributed by atoms with van der Waals surface area (Å²) in [6.07, 6.45) is 3.76. The lowest BCUT2D eigenvalue weighted by atomic mass is 9.78. The molecule has 2 heterocycles. The van der Waals surface area contributed by atoms with Crippen LogP contribution in [0, 0.1) is 11.3 Å². The molecule has 0 saturated carbocycles.